The molecular formula is C15H24N2O. The molecule has 0 spiro atoms. The summed E-state index contributed by atoms with van der Waals surface area (Å²) in [4.78, 5) is 2.37. The van der Waals surface area contributed by atoms with Crippen LogP contribution in [-0.4, -0.2) is 38.3 Å². The summed E-state index contributed by atoms with van der Waals surface area (Å²) in [5, 5.41) is 3.23. The number of ether oxygens (including phenoxy) is 1. The van der Waals surface area contributed by atoms with E-state index >= 15 is 0 Å². The highest BCUT2D eigenvalue weighted by Gasteiger charge is 2.17. The first-order valence-electron chi connectivity index (χ1n) is 6.81. The zero-order chi connectivity index (χ0) is 12.8. The zero-order valence-corrected chi connectivity index (χ0v) is 11.5. The van der Waals surface area contributed by atoms with Crippen LogP contribution in [0, 0.1) is 0 Å². The first-order chi connectivity index (χ1) is 8.79. The van der Waals surface area contributed by atoms with Gasteiger partial charge in [-0.15, -0.1) is 0 Å². The predicted octanol–water partition coefficient (Wildman–Crippen LogP) is 2.02. The fraction of sp³-hybridized carbons (Fsp3) is 0.600. The Balaban J connectivity index is 1.90. The summed E-state index contributed by atoms with van der Waals surface area (Å²) in [6.45, 7) is 3.91. The van der Waals surface area contributed by atoms with Gasteiger partial charge in [-0.25, -0.2) is 0 Å². The molecule has 0 radical (unpaired) electrons. The monoisotopic (exact) mass is 248 g/mol. The first-order valence-corrected chi connectivity index (χ1v) is 6.81. The van der Waals surface area contributed by atoms with Crippen LogP contribution in [-0.2, 0) is 17.8 Å². The van der Waals surface area contributed by atoms with E-state index in [1.54, 1.807) is 0 Å². The molecule has 0 amide bonds. The predicted molar refractivity (Wildman–Crippen MR) is 74.5 cm³/mol. The van der Waals surface area contributed by atoms with Crippen molar-refractivity contribution < 1.29 is 4.74 Å². The summed E-state index contributed by atoms with van der Waals surface area (Å²) in [6.07, 6.45) is 2.86. The Morgan fingerprint density at radius 3 is 2.78 bits per heavy atom. The van der Waals surface area contributed by atoms with E-state index in [4.69, 9.17) is 4.74 Å². The minimum Gasteiger partial charge on any atom is -0.377 e. The molecule has 0 saturated carbocycles. The van der Waals surface area contributed by atoms with Gasteiger partial charge in [0, 0.05) is 26.2 Å². The van der Waals surface area contributed by atoms with Crippen LogP contribution in [0.4, 0.5) is 0 Å². The highest BCUT2D eigenvalue weighted by molar-refractivity contribution is 5.26. The van der Waals surface area contributed by atoms with Crippen molar-refractivity contribution in [1.82, 2.24) is 10.2 Å². The van der Waals surface area contributed by atoms with E-state index < -0.39 is 0 Å². The summed E-state index contributed by atoms with van der Waals surface area (Å²) < 4.78 is 5.69. The minimum atomic E-state index is 0.437. The number of benzene rings is 1. The van der Waals surface area contributed by atoms with Gasteiger partial charge in [-0.2, -0.15) is 0 Å². The maximum absolute atomic E-state index is 5.69. The molecule has 1 aromatic carbocycles. The second-order valence-electron chi connectivity index (χ2n) is 5.13. The van der Waals surface area contributed by atoms with Gasteiger partial charge in [-0.05, 0) is 38.1 Å². The Morgan fingerprint density at radius 1 is 1.33 bits per heavy atom. The molecule has 1 aliphatic heterocycles. The van der Waals surface area contributed by atoms with E-state index in [1.807, 2.05) is 7.05 Å². The van der Waals surface area contributed by atoms with Crippen LogP contribution in [0.5, 0.6) is 0 Å². The van der Waals surface area contributed by atoms with Gasteiger partial charge in [0.25, 0.3) is 0 Å². The lowest BCUT2D eigenvalue weighted by molar-refractivity contribution is 0.0792. The van der Waals surface area contributed by atoms with Crippen LogP contribution < -0.4 is 5.32 Å². The second-order valence-corrected chi connectivity index (χ2v) is 5.13. The average Bonchev–Trinajstić information content (AvgIpc) is 2.84. The van der Waals surface area contributed by atoms with Gasteiger partial charge < -0.3 is 10.1 Å². The third kappa shape index (κ3) is 3.80. The maximum atomic E-state index is 5.69. The molecular weight excluding hydrogens is 224 g/mol. The van der Waals surface area contributed by atoms with Crippen LogP contribution in [0.15, 0.2) is 24.3 Å². The summed E-state index contributed by atoms with van der Waals surface area (Å²) >= 11 is 0. The summed E-state index contributed by atoms with van der Waals surface area (Å²) in [6, 6.07) is 8.65. The molecule has 1 unspecified atom stereocenters. The molecule has 1 heterocycles. The molecule has 1 atom stereocenters. The number of hydrogen-bond donors (Lipinski definition) is 1. The normalized spacial score (nSPS) is 19.6. The van der Waals surface area contributed by atoms with Crippen LogP contribution in [0.2, 0.25) is 0 Å². The number of likely N-dealkylation sites (N-methyl/N-ethyl adjacent to an activating group) is 1. The molecule has 1 aliphatic rings. The largest absolute Gasteiger partial charge is 0.377 e. The number of hydrogen-bond acceptors (Lipinski definition) is 3. The van der Waals surface area contributed by atoms with Gasteiger partial charge in [0.15, 0.2) is 0 Å². The zero-order valence-electron chi connectivity index (χ0n) is 11.5. The lowest BCUT2D eigenvalue weighted by Gasteiger charge is -2.21. The van der Waals surface area contributed by atoms with Gasteiger partial charge in [-0.1, -0.05) is 24.3 Å². The van der Waals surface area contributed by atoms with E-state index in [-0.39, 0.29) is 0 Å². The topological polar surface area (TPSA) is 24.5 Å². The van der Waals surface area contributed by atoms with Crippen molar-refractivity contribution >= 4 is 0 Å². The molecule has 0 aromatic heterocycles. The van der Waals surface area contributed by atoms with Crippen LogP contribution in [0.3, 0.4) is 0 Å². The molecule has 0 bridgehead atoms. The molecule has 3 heteroatoms. The summed E-state index contributed by atoms with van der Waals surface area (Å²) in [5.41, 5.74) is 2.80. The first kappa shape index (κ1) is 13.5. The number of nitrogens with zero attached hydrogens (tertiary/aromatic N) is 1. The van der Waals surface area contributed by atoms with E-state index in [9.17, 15) is 0 Å². The van der Waals surface area contributed by atoms with Gasteiger partial charge in [0.1, 0.15) is 0 Å². The van der Waals surface area contributed by atoms with Crippen LogP contribution in [0.1, 0.15) is 24.0 Å². The van der Waals surface area contributed by atoms with Crippen LogP contribution >= 0.6 is 0 Å². The Morgan fingerprint density at radius 2 is 2.11 bits per heavy atom. The molecule has 1 fully saturated rings. The SMILES string of the molecule is CNCc1ccccc1CN(C)CC1CCCO1. The summed E-state index contributed by atoms with van der Waals surface area (Å²) in [5.74, 6) is 0. The third-order valence-electron chi connectivity index (χ3n) is 3.47. The molecule has 1 saturated heterocycles. The van der Waals surface area contributed by atoms with Crippen molar-refractivity contribution in [2.75, 3.05) is 27.2 Å². The van der Waals surface area contributed by atoms with Gasteiger partial charge >= 0.3 is 0 Å². The molecule has 1 N–H and O–H groups in total. The van der Waals surface area contributed by atoms with Crippen molar-refractivity contribution in [3.05, 3.63) is 35.4 Å². The van der Waals surface area contributed by atoms with Crippen LogP contribution in [0.25, 0.3) is 0 Å². The summed E-state index contributed by atoms with van der Waals surface area (Å²) in [7, 11) is 4.17. The standard InChI is InChI=1S/C15H24N2O/c1-16-10-13-6-3-4-7-14(13)11-17(2)12-15-8-5-9-18-15/h3-4,6-7,15-16H,5,8-12H2,1-2H3. The molecule has 100 valence electrons. The van der Waals surface area contributed by atoms with Gasteiger partial charge in [0.2, 0.25) is 0 Å². The fourth-order valence-electron chi connectivity index (χ4n) is 2.57. The lowest BCUT2D eigenvalue weighted by Crippen LogP contribution is -2.28. The highest BCUT2D eigenvalue weighted by Crippen LogP contribution is 2.15. The maximum Gasteiger partial charge on any atom is 0.0702 e. The molecule has 18 heavy (non-hydrogen) atoms. The van der Waals surface area contributed by atoms with E-state index in [0.717, 1.165) is 26.2 Å². The Kier molecular flexibility index (Phi) is 5.17. The molecule has 3 nitrogen and oxygen atoms in total. The van der Waals surface area contributed by atoms with E-state index in [0.29, 0.717) is 6.10 Å². The molecule has 0 aliphatic carbocycles. The number of rotatable bonds is 6. The van der Waals surface area contributed by atoms with E-state index in [2.05, 4.69) is 41.5 Å². The fourth-order valence-corrected chi connectivity index (χ4v) is 2.57. The third-order valence-corrected chi connectivity index (χ3v) is 3.47. The Hall–Kier alpha value is -0.900. The molecule has 1 aromatic rings. The second kappa shape index (κ2) is 6.88. The van der Waals surface area contributed by atoms with Crippen molar-refractivity contribution in [3.63, 3.8) is 0 Å². The number of nitrogens with one attached hydrogen (secondary N) is 1. The highest BCUT2D eigenvalue weighted by atomic mass is 16.5. The van der Waals surface area contributed by atoms with Gasteiger partial charge in [-0.3, -0.25) is 4.90 Å². The van der Waals surface area contributed by atoms with Crippen molar-refractivity contribution in [2.24, 2.45) is 0 Å². The lowest BCUT2D eigenvalue weighted by atomic mass is 10.1. The minimum absolute atomic E-state index is 0.437. The van der Waals surface area contributed by atoms with Crippen molar-refractivity contribution in [3.8, 4) is 0 Å². The Labute approximate surface area is 110 Å². The Bertz CT molecular complexity index is 361. The van der Waals surface area contributed by atoms with E-state index in [1.165, 1.54) is 24.0 Å². The van der Waals surface area contributed by atoms with Crippen molar-refractivity contribution in [2.45, 2.75) is 32.0 Å². The molecule has 2 rings (SSSR count). The quantitative estimate of drug-likeness (QED) is 0.833. The van der Waals surface area contributed by atoms with Crippen molar-refractivity contribution in [1.29, 1.82) is 0 Å². The smallest absolute Gasteiger partial charge is 0.0702 e. The average molecular weight is 248 g/mol. The van der Waals surface area contributed by atoms with Gasteiger partial charge in [0.05, 0.1) is 6.10 Å².